The maximum Gasteiger partial charge on any atom is 0.326 e. The maximum atomic E-state index is 12.7. The van der Waals surface area contributed by atoms with Crippen molar-refractivity contribution in [1.29, 1.82) is 0 Å². The average Bonchev–Trinajstić information content (AvgIpc) is 2.30. The van der Waals surface area contributed by atoms with E-state index in [9.17, 15) is 14.0 Å². The van der Waals surface area contributed by atoms with Crippen LogP contribution >= 0.6 is 0 Å². The zero-order valence-corrected chi connectivity index (χ0v) is 9.89. The second-order valence-electron chi connectivity index (χ2n) is 4.02. The van der Waals surface area contributed by atoms with Crippen LogP contribution < -0.4 is 11.1 Å². The number of amides is 1. The van der Waals surface area contributed by atoms with Crippen LogP contribution in [0.2, 0.25) is 0 Å². The standard InChI is InChI=1S/C12H15FN2O3/c1-7(14)11(16)15-10(12(17)18)6-8-2-4-9(13)5-3-8/h2-5,7,10H,6,14H2,1H3,(H,15,16)(H,17,18)/t7?,10-/m0/s1. The number of nitrogens with two attached hydrogens (primary N) is 1. The lowest BCUT2D eigenvalue weighted by atomic mass is 10.1. The first-order valence-electron chi connectivity index (χ1n) is 5.43. The van der Waals surface area contributed by atoms with Crippen molar-refractivity contribution in [2.24, 2.45) is 5.73 Å². The molecule has 0 radical (unpaired) electrons. The Balaban J connectivity index is 2.72. The molecule has 0 aliphatic rings. The molecule has 0 saturated heterocycles. The monoisotopic (exact) mass is 254 g/mol. The zero-order chi connectivity index (χ0) is 13.7. The van der Waals surface area contributed by atoms with E-state index in [4.69, 9.17) is 10.8 Å². The first-order chi connectivity index (χ1) is 8.40. The van der Waals surface area contributed by atoms with Crippen molar-refractivity contribution in [2.75, 3.05) is 0 Å². The molecule has 0 heterocycles. The van der Waals surface area contributed by atoms with Gasteiger partial charge in [0.2, 0.25) is 5.91 Å². The van der Waals surface area contributed by atoms with Gasteiger partial charge in [-0.2, -0.15) is 0 Å². The molecule has 1 aromatic rings. The Labute approximate surface area is 104 Å². The van der Waals surface area contributed by atoms with Crippen molar-refractivity contribution in [3.8, 4) is 0 Å². The molecule has 6 heteroatoms. The first-order valence-corrected chi connectivity index (χ1v) is 5.43. The molecule has 0 fully saturated rings. The molecule has 4 N–H and O–H groups in total. The van der Waals surface area contributed by atoms with Crippen molar-refractivity contribution in [3.05, 3.63) is 35.6 Å². The number of carboxylic acid groups (broad SMARTS) is 1. The number of carboxylic acids is 1. The van der Waals surface area contributed by atoms with E-state index in [-0.39, 0.29) is 6.42 Å². The molecule has 2 atom stereocenters. The Morgan fingerprint density at radius 3 is 2.39 bits per heavy atom. The molecule has 1 rings (SSSR count). The quantitative estimate of drug-likeness (QED) is 0.704. The lowest BCUT2D eigenvalue weighted by Gasteiger charge is -2.16. The van der Waals surface area contributed by atoms with Crippen LogP contribution in [0, 0.1) is 5.82 Å². The van der Waals surface area contributed by atoms with E-state index in [0.717, 1.165) is 0 Å². The zero-order valence-electron chi connectivity index (χ0n) is 9.89. The van der Waals surface area contributed by atoms with Crippen LogP contribution in [0.3, 0.4) is 0 Å². The molecule has 5 nitrogen and oxygen atoms in total. The molecule has 0 aliphatic heterocycles. The average molecular weight is 254 g/mol. The molecule has 0 saturated carbocycles. The molecule has 1 amide bonds. The van der Waals surface area contributed by atoms with Gasteiger partial charge < -0.3 is 16.2 Å². The van der Waals surface area contributed by atoms with E-state index in [1.807, 2.05) is 0 Å². The normalized spacial score (nSPS) is 13.7. The van der Waals surface area contributed by atoms with Crippen molar-refractivity contribution >= 4 is 11.9 Å². The van der Waals surface area contributed by atoms with Crippen LogP contribution in [0.5, 0.6) is 0 Å². The number of nitrogens with one attached hydrogen (secondary N) is 1. The predicted octanol–water partition coefficient (Wildman–Crippen LogP) is 0.285. The van der Waals surface area contributed by atoms with Gasteiger partial charge in [0.15, 0.2) is 0 Å². The second-order valence-corrected chi connectivity index (χ2v) is 4.02. The molecule has 1 aromatic carbocycles. The Kier molecular flexibility index (Phi) is 4.79. The van der Waals surface area contributed by atoms with E-state index in [1.165, 1.54) is 31.2 Å². The fraction of sp³-hybridized carbons (Fsp3) is 0.333. The van der Waals surface area contributed by atoms with Crippen LogP contribution in [-0.4, -0.2) is 29.1 Å². The lowest BCUT2D eigenvalue weighted by Crippen LogP contribution is -2.48. The van der Waals surface area contributed by atoms with Crippen LogP contribution in [0.15, 0.2) is 24.3 Å². The van der Waals surface area contributed by atoms with Gasteiger partial charge in [-0.05, 0) is 24.6 Å². The summed E-state index contributed by atoms with van der Waals surface area (Å²) < 4.78 is 12.7. The van der Waals surface area contributed by atoms with Crippen LogP contribution in [-0.2, 0) is 16.0 Å². The number of carbonyl (C=O) groups is 2. The van der Waals surface area contributed by atoms with Crippen molar-refractivity contribution in [2.45, 2.75) is 25.4 Å². The largest absolute Gasteiger partial charge is 0.480 e. The van der Waals surface area contributed by atoms with Gasteiger partial charge in [0, 0.05) is 6.42 Å². The molecular formula is C12H15FN2O3. The number of benzene rings is 1. The molecule has 0 aliphatic carbocycles. The highest BCUT2D eigenvalue weighted by Crippen LogP contribution is 2.06. The molecule has 18 heavy (non-hydrogen) atoms. The topological polar surface area (TPSA) is 92.4 Å². The smallest absolute Gasteiger partial charge is 0.326 e. The summed E-state index contributed by atoms with van der Waals surface area (Å²) >= 11 is 0. The van der Waals surface area contributed by atoms with Gasteiger partial charge in [0.05, 0.1) is 6.04 Å². The molecule has 0 bridgehead atoms. The van der Waals surface area contributed by atoms with Gasteiger partial charge in [-0.3, -0.25) is 4.79 Å². The Hall–Kier alpha value is -1.95. The highest BCUT2D eigenvalue weighted by atomic mass is 19.1. The summed E-state index contributed by atoms with van der Waals surface area (Å²) in [6.45, 7) is 1.46. The SMILES string of the molecule is CC(N)C(=O)N[C@@H](Cc1ccc(F)cc1)C(=O)O. The summed E-state index contributed by atoms with van der Waals surface area (Å²) in [7, 11) is 0. The molecule has 0 aromatic heterocycles. The molecule has 0 spiro atoms. The van der Waals surface area contributed by atoms with Gasteiger partial charge in [0.1, 0.15) is 11.9 Å². The minimum Gasteiger partial charge on any atom is -0.480 e. The van der Waals surface area contributed by atoms with E-state index in [1.54, 1.807) is 0 Å². The third kappa shape index (κ3) is 4.14. The minimum atomic E-state index is -1.16. The summed E-state index contributed by atoms with van der Waals surface area (Å²) in [6, 6.07) is 3.57. The first kappa shape index (κ1) is 14.1. The highest BCUT2D eigenvalue weighted by Gasteiger charge is 2.21. The molecular weight excluding hydrogens is 239 g/mol. The fourth-order valence-electron chi connectivity index (χ4n) is 1.36. The maximum absolute atomic E-state index is 12.7. The van der Waals surface area contributed by atoms with Gasteiger partial charge in [-0.1, -0.05) is 12.1 Å². The highest BCUT2D eigenvalue weighted by molar-refractivity contribution is 5.86. The lowest BCUT2D eigenvalue weighted by molar-refractivity contribution is -0.141. The minimum absolute atomic E-state index is 0.0775. The van der Waals surface area contributed by atoms with E-state index in [2.05, 4.69) is 5.32 Å². The van der Waals surface area contributed by atoms with Crippen LogP contribution in [0.4, 0.5) is 4.39 Å². The second kappa shape index (κ2) is 6.11. The molecule has 1 unspecified atom stereocenters. The van der Waals surface area contributed by atoms with Crippen molar-refractivity contribution in [1.82, 2.24) is 5.32 Å². The third-order valence-electron chi connectivity index (χ3n) is 2.38. The van der Waals surface area contributed by atoms with Gasteiger partial charge in [-0.15, -0.1) is 0 Å². The summed E-state index contributed by atoms with van der Waals surface area (Å²) in [6.07, 6.45) is 0.0775. The Morgan fingerprint density at radius 1 is 1.39 bits per heavy atom. The Morgan fingerprint density at radius 2 is 1.94 bits per heavy atom. The van der Waals surface area contributed by atoms with E-state index >= 15 is 0 Å². The summed E-state index contributed by atoms with van der Waals surface area (Å²) in [4.78, 5) is 22.3. The fourth-order valence-corrected chi connectivity index (χ4v) is 1.36. The Bertz CT molecular complexity index is 431. The molecule has 98 valence electrons. The van der Waals surface area contributed by atoms with Crippen molar-refractivity contribution in [3.63, 3.8) is 0 Å². The number of hydrogen-bond acceptors (Lipinski definition) is 3. The van der Waals surface area contributed by atoms with Crippen LogP contribution in [0.1, 0.15) is 12.5 Å². The number of halogens is 1. The van der Waals surface area contributed by atoms with Gasteiger partial charge in [0.25, 0.3) is 0 Å². The number of rotatable bonds is 5. The predicted molar refractivity (Wildman–Crippen MR) is 63.3 cm³/mol. The van der Waals surface area contributed by atoms with Crippen molar-refractivity contribution < 1.29 is 19.1 Å². The van der Waals surface area contributed by atoms with Gasteiger partial charge in [-0.25, -0.2) is 9.18 Å². The third-order valence-corrected chi connectivity index (χ3v) is 2.38. The van der Waals surface area contributed by atoms with Crippen LogP contribution in [0.25, 0.3) is 0 Å². The summed E-state index contributed by atoms with van der Waals surface area (Å²) in [5, 5.41) is 11.3. The number of aliphatic carboxylic acids is 1. The number of hydrogen-bond donors (Lipinski definition) is 3. The number of carbonyl (C=O) groups excluding carboxylic acids is 1. The summed E-state index contributed by atoms with van der Waals surface area (Å²) in [5.74, 6) is -2.09. The van der Waals surface area contributed by atoms with E-state index < -0.39 is 29.8 Å². The van der Waals surface area contributed by atoms with Gasteiger partial charge >= 0.3 is 5.97 Å². The summed E-state index contributed by atoms with van der Waals surface area (Å²) in [5.41, 5.74) is 5.96. The van der Waals surface area contributed by atoms with E-state index in [0.29, 0.717) is 5.56 Å².